The minimum atomic E-state index is -0.787. The SMILES string of the molecule is CCCCc1ccc(Nc2ncnc(NNC(=O)c3ccc(Cl)c([N+](=O)[O-])c3)c2[N+](=O)[O-])cc1. The van der Waals surface area contributed by atoms with Gasteiger partial charge in [-0.1, -0.05) is 37.1 Å². The Balaban J connectivity index is 1.77. The summed E-state index contributed by atoms with van der Waals surface area (Å²) in [5.41, 5.74) is 5.32. The first kappa shape index (κ1) is 24.3. The fourth-order valence-corrected chi connectivity index (χ4v) is 3.18. The van der Waals surface area contributed by atoms with Crippen LogP contribution in [-0.2, 0) is 6.42 Å². The third-order valence-corrected chi connectivity index (χ3v) is 5.06. The van der Waals surface area contributed by atoms with Crippen molar-refractivity contribution >= 4 is 46.2 Å². The number of nitro groups is 2. The van der Waals surface area contributed by atoms with Gasteiger partial charge < -0.3 is 5.32 Å². The van der Waals surface area contributed by atoms with Gasteiger partial charge in [-0.2, -0.15) is 0 Å². The number of hydrogen-bond acceptors (Lipinski definition) is 9. The van der Waals surface area contributed by atoms with Gasteiger partial charge in [-0.05, 0) is 42.7 Å². The zero-order valence-corrected chi connectivity index (χ0v) is 18.7. The van der Waals surface area contributed by atoms with Crippen LogP contribution in [0.5, 0.6) is 0 Å². The summed E-state index contributed by atoms with van der Waals surface area (Å²) in [4.78, 5) is 41.5. The Morgan fingerprint density at radius 2 is 1.74 bits per heavy atom. The maximum absolute atomic E-state index is 12.4. The van der Waals surface area contributed by atoms with Crippen molar-refractivity contribution in [3.63, 3.8) is 0 Å². The van der Waals surface area contributed by atoms with Crippen LogP contribution in [-0.4, -0.2) is 25.7 Å². The maximum Gasteiger partial charge on any atom is 0.355 e. The van der Waals surface area contributed by atoms with Gasteiger partial charge >= 0.3 is 5.69 Å². The van der Waals surface area contributed by atoms with Crippen LogP contribution < -0.4 is 16.2 Å². The zero-order chi connectivity index (χ0) is 24.7. The van der Waals surface area contributed by atoms with E-state index in [1.165, 1.54) is 12.1 Å². The van der Waals surface area contributed by atoms with Crippen molar-refractivity contribution in [1.82, 2.24) is 15.4 Å². The number of carbonyl (C=O) groups is 1. The molecule has 1 heterocycles. The lowest BCUT2D eigenvalue weighted by molar-refractivity contribution is -0.384. The summed E-state index contributed by atoms with van der Waals surface area (Å²) >= 11 is 5.75. The van der Waals surface area contributed by atoms with Gasteiger partial charge in [0.2, 0.25) is 11.6 Å². The highest BCUT2D eigenvalue weighted by molar-refractivity contribution is 6.32. The number of nitrogens with zero attached hydrogens (tertiary/aromatic N) is 4. The number of hydrazine groups is 1. The molecule has 3 N–H and O–H groups in total. The third-order valence-electron chi connectivity index (χ3n) is 4.74. The number of nitrogens with one attached hydrogen (secondary N) is 3. The first-order valence-corrected chi connectivity index (χ1v) is 10.5. The number of halogens is 1. The minimum absolute atomic E-state index is 0.0816. The number of aryl methyl sites for hydroxylation is 1. The molecule has 0 fully saturated rings. The molecule has 176 valence electrons. The van der Waals surface area contributed by atoms with Crippen LogP contribution in [0.2, 0.25) is 5.02 Å². The number of anilines is 3. The molecule has 0 aliphatic heterocycles. The summed E-state index contributed by atoms with van der Waals surface area (Å²) in [6, 6.07) is 10.9. The Labute approximate surface area is 198 Å². The molecule has 0 atom stereocenters. The molecular weight excluding hydrogens is 466 g/mol. The van der Waals surface area contributed by atoms with Crippen LogP contribution in [0, 0.1) is 20.2 Å². The lowest BCUT2D eigenvalue weighted by Gasteiger charge is -2.11. The average molecular weight is 486 g/mol. The summed E-state index contributed by atoms with van der Waals surface area (Å²) < 4.78 is 0. The minimum Gasteiger partial charge on any atom is -0.334 e. The number of benzene rings is 2. The molecule has 0 aliphatic carbocycles. The monoisotopic (exact) mass is 485 g/mol. The van der Waals surface area contributed by atoms with Crippen molar-refractivity contribution in [2.24, 2.45) is 0 Å². The fourth-order valence-electron chi connectivity index (χ4n) is 2.99. The Hall–Kier alpha value is -4.32. The Morgan fingerprint density at radius 3 is 2.38 bits per heavy atom. The van der Waals surface area contributed by atoms with E-state index in [4.69, 9.17) is 11.6 Å². The van der Waals surface area contributed by atoms with Crippen LogP contribution in [0.15, 0.2) is 48.8 Å². The molecule has 3 aromatic rings. The Morgan fingerprint density at radius 1 is 1.03 bits per heavy atom. The smallest absolute Gasteiger partial charge is 0.334 e. The predicted octanol–water partition coefficient (Wildman–Crippen LogP) is 4.79. The van der Waals surface area contributed by atoms with Crippen molar-refractivity contribution < 1.29 is 14.6 Å². The van der Waals surface area contributed by atoms with Crippen molar-refractivity contribution in [1.29, 1.82) is 0 Å². The lowest BCUT2D eigenvalue weighted by atomic mass is 10.1. The molecule has 0 aliphatic rings. The van der Waals surface area contributed by atoms with Gasteiger partial charge in [0, 0.05) is 17.3 Å². The second-order valence-electron chi connectivity index (χ2n) is 7.10. The molecule has 12 nitrogen and oxygen atoms in total. The van der Waals surface area contributed by atoms with Crippen molar-refractivity contribution in [2.45, 2.75) is 26.2 Å². The van der Waals surface area contributed by atoms with Gasteiger partial charge in [-0.15, -0.1) is 0 Å². The number of nitro benzene ring substituents is 1. The molecule has 3 rings (SSSR count). The molecule has 13 heteroatoms. The van der Waals surface area contributed by atoms with E-state index in [9.17, 15) is 25.0 Å². The van der Waals surface area contributed by atoms with Crippen LogP contribution in [0.25, 0.3) is 0 Å². The molecule has 0 radical (unpaired) electrons. The number of unbranched alkanes of at least 4 members (excludes halogenated alkanes) is 1. The maximum atomic E-state index is 12.4. The van der Waals surface area contributed by atoms with E-state index in [-0.39, 0.29) is 22.2 Å². The average Bonchev–Trinajstić information content (AvgIpc) is 2.82. The second-order valence-corrected chi connectivity index (χ2v) is 7.51. The zero-order valence-electron chi connectivity index (χ0n) is 17.9. The predicted molar refractivity (Wildman–Crippen MR) is 126 cm³/mol. The number of rotatable bonds is 10. The molecule has 2 aromatic carbocycles. The number of hydrogen-bond donors (Lipinski definition) is 3. The van der Waals surface area contributed by atoms with E-state index in [0.717, 1.165) is 37.2 Å². The molecule has 0 spiro atoms. The summed E-state index contributed by atoms with van der Waals surface area (Å²) in [5.74, 6) is -1.15. The standard InChI is InChI=1S/C21H20ClN7O5/c1-2-3-4-13-5-8-15(9-6-13)25-19-18(29(33)34)20(24-12-23-19)26-27-21(30)14-7-10-16(22)17(11-14)28(31)32/h5-12H,2-4H2,1H3,(H,27,30)(H2,23,24,25,26). The summed E-state index contributed by atoms with van der Waals surface area (Å²) in [6.45, 7) is 2.11. The molecule has 1 amide bonds. The second kappa shape index (κ2) is 11.0. The first-order valence-electron chi connectivity index (χ1n) is 10.2. The van der Waals surface area contributed by atoms with Gasteiger partial charge in [0.15, 0.2) is 0 Å². The third kappa shape index (κ3) is 5.92. The van der Waals surface area contributed by atoms with E-state index < -0.39 is 27.1 Å². The van der Waals surface area contributed by atoms with Crippen LogP contribution in [0.3, 0.4) is 0 Å². The lowest BCUT2D eigenvalue weighted by Crippen LogP contribution is -2.30. The van der Waals surface area contributed by atoms with Crippen LogP contribution in [0.4, 0.5) is 28.7 Å². The van der Waals surface area contributed by atoms with E-state index in [2.05, 4.69) is 33.1 Å². The van der Waals surface area contributed by atoms with E-state index in [1.807, 2.05) is 12.1 Å². The summed E-state index contributed by atoms with van der Waals surface area (Å²) in [6.07, 6.45) is 4.17. The quantitative estimate of drug-likeness (QED) is 0.270. The Kier molecular flexibility index (Phi) is 7.88. The normalized spacial score (nSPS) is 10.4. The van der Waals surface area contributed by atoms with Crippen LogP contribution >= 0.6 is 11.6 Å². The molecule has 34 heavy (non-hydrogen) atoms. The molecule has 1 aromatic heterocycles. The van der Waals surface area contributed by atoms with Gasteiger partial charge in [0.25, 0.3) is 11.6 Å². The van der Waals surface area contributed by atoms with Gasteiger partial charge in [0.1, 0.15) is 11.3 Å². The van der Waals surface area contributed by atoms with E-state index in [1.54, 1.807) is 12.1 Å². The van der Waals surface area contributed by atoms with E-state index >= 15 is 0 Å². The van der Waals surface area contributed by atoms with E-state index in [0.29, 0.717) is 5.69 Å². The summed E-state index contributed by atoms with van der Waals surface area (Å²) in [7, 11) is 0. The summed E-state index contributed by atoms with van der Waals surface area (Å²) in [5, 5.41) is 25.5. The number of carbonyl (C=O) groups excluding carboxylic acids is 1. The molecule has 0 unspecified atom stereocenters. The molecule has 0 saturated heterocycles. The molecule has 0 saturated carbocycles. The fraction of sp³-hybridized carbons (Fsp3) is 0.190. The van der Waals surface area contributed by atoms with Gasteiger partial charge in [0.05, 0.1) is 9.85 Å². The number of aromatic nitrogens is 2. The highest BCUT2D eigenvalue weighted by Gasteiger charge is 2.24. The highest BCUT2D eigenvalue weighted by atomic mass is 35.5. The molecule has 0 bridgehead atoms. The number of amides is 1. The van der Waals surface area contributed by atoms with Crippen molar-refractivity contribution in [2.75, 3.05) is 10.7 Å². The van der Waals surface area contributed by atoms with Crippen molar-refractivity contribution in [3.05, 3.63) is 85.2 Å². The van der Waals surface area contributed by atoms with Gasteiger partial charge in [-0.25, -0.2) is 9.97 Å². The first-order chi connectivity index (χ1) is 16.3. The molecular formula is C21H20ClN7O5. The Bertz CT molecular complexity index is 1220. The van der Waals surface area contributed by atoms with Crippen molar-refractivity contribution in [3.8, 4) is 0 Å². The largest absolute Gasteiger partial charge is 0.355 e. The highest BCUT2D eigenvalue weighted by Crippen LogP contribution is 2.31. The topological polar surface area (TPSA) is 165 Å². The van der Waals surface area contributed by atoms with Gasteiger partial charge in [-0.3, -0.25) is 35.9 Å². The van der Waals surface area contributed by atoms with Crippen LogP contribution in [0.1, 0.15) is 35.7 Å².